The molecule has 0 saturated carbocycles. The van der Waals surface area contributed by atoms with E-state index in [0.717, 1.165) is 24.5 Å². The maximum atomic E-state index is 10.0. The highest BCUT2D eigenvalue weighted by molar-refractivity contribution is 5.47. The first-order valence-electron chi connectivity index (χ1n) is 7.70. The third-order valence-electron chi connectivity index (χ3n) is 3.19. The summed E-state index contributed by atoms with van der Waals surface area (Å²) < 4.78 is 0. The van der Waals surface area contributed by atoms with Crippen LogP contribution in [0.1, 0.15) is 52.7 Å². The van der Waals surface area contributed by atoms with Gasteiger partial charge in [0.15, 0.2) is 0 Å². The first kappa shape index (κ1) is 17.9. The van der Waals surface area contributed by atoms with Crippen LogP contribution in [-0.4, -0.2) is 34.3 Å². The van der Waals surface area contributed by atoms with E-state index in [-0.39, 0.29) is 5.54 Å². The average Bonchev–Trinajstić information content (AvgIpc) is 2.32. The Hall–Kier alpha value is -1.13. The van der Waals surface area contributed by atoms with Crippen LogP contribution in [-0.2, 0) is 6.54 Å². The largest absolute Gasteiger partial charge is 0.389 e. The summed E-state index contributed by atoms with van der Waals surface area (Å²) in [5, 5.41) is 13.5. The fourth-order valence-corrected chi connectivity index (χ4v) is 2.22. The Morgan fingerprint density at radius 1 is 1.24 bits per heavy atom. The summed E-state index contributed by atoms with van der Waals surface area (Å²) in [4.78, 5) is 6.73. The minimum Gasteiger partial charge on any atom is -0.389 e. The molecule has 0 fully saturated rings. The molecule has 0 spiro atoms. The van der Waals surface area contributed by atoms with E-state index in [1.54, 1.807) is 0 Å². The predicted molar refractivity (Wildman–Crippen MR) is 89.8 cm³/mol. The van der Waals surface area contributed by atoms with Gasteiger partial charge < -0.3 is 15.3 Å². The summed E-state index contributed by atoms with van der Waals surface area (Å²) in [5.41, 5.74) is 1.71. The lowest BCUT2D eigenvalue weighted by Crippen LogP contribution is -2.39. The van der Waals surface area contributed by atoms with Crippen LogP contribution in [0, 0.1) is 6.92 Å². The molecule has 0 bridgehead atoms. The number of likely N-dealkylation sites (N-methyl/N-ethyl adjacent to an activating group) is 1. The predicted octanol–water partition coefficient (Wildman–Crippen LogP) is 2.88. The molecule has 0 aliphatic carbocycles. The molecule has 1 rings (SSSR count). The number of aromatic nitrogens is 1. The number of aryl methyl sites for hydroxylation is 1. The summed E-state index contributed by atoms with van der Waals surface area (Å²) in [5.74, 6) is 0.958. The highest BCUT2D eigenvalue weighted by Crippen LogP contribution is 2.20. The van der Waals surface area contributed by atoms with E-state index >= 15 is 0 Å². The van der Waals surface area contributed by atoms with Gasteiger partial charge >= 0.3 is 0 Å². The van der Waals surface area contributed by atoms with E-state index in [2.05, 4.69) is 55.9 Å². The van der Waals surface area contributed by atoms with Gasteiger partial charge in [0.05, 0.1) is 5.60 Å². The maximum Gasteiger partial charge on any atom is 0.131 e. The molecular formula is C17H31N3O. The van der Waals surface area contributed by atoms with E-state index in [0.29, 0.717) is 6.54 Å². The molecule has 21 heavy (non-hydrogen) atoms. The molecule has 0 aromatic carbocycles. The van der Waals surface area contributed by atoms with E-state index in [4.69, 9.17) is 0 Å². The Labute approximate surface area is 129 Å². The van der Waals surface area contributed by atoms with Crippen LogP contribution < -0.4 is 10.2 Å². The fraction of sp³-hybridized carbons (Fsp3) is 0.706. The summed E-state index contributed by atoms with van der Waals surface area (Å²) in [6.45, 7) is 16.5. The van der Waals surface area contributed by atoms with E-state index < -0.39 is 5.60 Å². The summed E-state index contributed by atoms with van der Waals surface area (Å²) in [7, 11) is 0. The van der Waals surface area contributed by atoms with Gasteiger partial charge in [-0.1, -0.05) is 0 Å². The zero-order valence-electron chi connectivity index (χ0n) is 14.6. The van der Waals surface area contributed by atoms with Crippen molar-refractivity contribution in [2.75, 3.05) is 18.0 Å². The number of hydrogen-bond acceptors (Lipinski definition) is 4. The number of aliphatic hydroxyl groups is 1. The average molecular weight is 293 g/mol. The molecule has 1 heterocycles. The first-order valence-corrected chi connectivity index (χ1v) is 7.70. The minimum atomic E-state index is -0.726. The van der Waals surface area contributed by atoms with Gasteiger partial charge in [0, 0.05) is 31.4 Å². The molecule has 0 radical (unpaired) electrons. The normalized spacial score (nSPS) is 12.6. The van der Waals surface area contributed by atoms with Gasteiger partial charge in [-0.05, 0) is 65.7 Å². The highest BCUT2D eigenvalue weighted by atomic mass is 16.3. The van der Waals surface area contributed by atoms with E-state index in [1.807, 2.05) is 20.0 Å². The van der Waals surface area contributed by atoms with Crippen molar-refractivity contribution in [3.63, 3.8) is 0 Å². The molecule has 0 aliphatic rings. The topological polar surface area (TPSA) is 48.4 Å². The quantitative estimate of drug-likeness (QED) is 0.847. The first-order chi connectivity index (χ1) is 9.52. The van der Waals surface area contributed by atoms with Gasteiger partial charge in [0.2, 0.25) is 0 Å². The molecular weight excluding hydrogens is 262 g/mol. The summed E-state index contributed by atoms with van der Waals surface area (Å²) in [6.07, 6.45) is 1.92. The standard InChI is InChI=1S/C17H31N3O/c1-8-20(12-17(6,7)21)15-13(2)9-14(10-18-15)11-19-16(3,4)5/h9-10,19,21H,8,11-12H2,1-7H3. The number of rotatable bonds is 6. The molecule has 1 aromatic rings. The monoisotopic (exact) mass is 293 g/mol. The third-order valence-corrected chi connectivity index (χ3v) is 3.19. The van der Waals surface area contributed by atoms with Crippen molar-refractivity contribution in [2.45, 2.75) is 66.2 Å². The Kier molecular flexibility index (Phi) is 5.76. The number of pyridine rings is 1. The van der Waals surface area contributed by atoms with Gasteiger partial charge in [-0.3, -0.25) is 0 Å². The van der Waals surface area contributed by atoms with Crippen molar-refractivity contribution < 1.29 is 5.11 Å². The van der Waals surface area contributed by atoms with Crippen molar-refractivity contribution in [3.8, 4) is 0 Å². The molecule has 0 aliphatic heterocycles. The molecule has 1 aromatic heterocycles. The molecule has 0 amide bonds. The van der Waals surface area contributed by atoms with Crippen LogP contribution >= 0.6 is 0 Å². The van der Waals surface area contributed by atoms with Crippen molar-refractivity contribution in [1.82, 2.24) is 10.3 Å². The van der Waals surface area contributed by atoms with Crippen LogP contribution in [0.5, 0.6) is 0 Å². The van der Waals surface area contributed by atoms with Gasteiger partial charge in [0.25, 0.3) is 0 Å². The number of nitrogens with one attached hydrogen (secondary N) is 1. The van der Waals surface area contributed by atoms with Gasteiger partial charge in [-0.15, -0.1) is 0 Å². The van der Waals surface area contributed by atoms with Crippen molar-refractivity contribution in [1.29, 1.82) is 0 Å². The Balaban J connectivity index is 2.86. The van der Waals surface area contributed by atoms with Gasteiger partial charge in [0.1, 0.15) is 5.82 Å². The number of nitrogens with zero attached hydrogens (tertiary/aromatic N) is 2. The second-order valence-corrected chi connectivity index (χ2v) is 7.41. The molecule has 4 heteroatoms. The third kappa shape index (κ3) is 6.44. The summed E-state index contributed by atoms with van der Waals surface area (Å²) >= 11 is 0. The Bertz CT molecular complexity index is 458. The second-order valence-electron chi connectivity index (χ2n) is 7.41. The van der Waals surface area contributed by atoms with Crippen LogP contribution in [0.3, 0.4) is 0 Å². The lowest BCUT2D eigenvalue weighted by molar-refractivity contribution is 0.0874. The highest BCUT2D eigenvalue weighted by Gasteiger charge is 2.19. The SMILES string of the molecule is CCN(CC(C)(C)O)c1ncc(CNC(C)(C)C)cc1C. The zero-order chi connectivity index (χ0) is 16.3. The number of anilines is 1. The maximum absolute atomic E-state index is 10.0. The van der Waals surface area contributed by atoms with Crippen LogP contribution in [0.4, 0.5) is 5.82 Å². The van der Waals surface area contributed by atoms with Crippen molar-refractivity contribution in [2.24, 2.45) is 0 Å². The lowest BCUT2D eigenvalue weighted by Gasteiger charge is -2.30. The van der Waals surface area contributed by atoms with Crippen LogP contribution in [0.2, 0.25) is 0 Å². The molecule has 120 valence electrons. The van der Waals surface area contributed by atoms with Crippen molar-refractivity contribution in [3.05, 3.63) is 23.4 Å². The van der Waals surface area contributed by atoms with Crippen LogP contribution in [0.15, 0.2) is 12.3 Å². The summed E-state index contributed by atoms with van der Waals surface area (Å²) in [6, 6.07) is 2.17. The van der Waals surface area contributed by atoms with Gasteiger partial charge in [-0.25, -0.2) is 4.98 Å². The second kappa shape index (κ2) is 6.75. The zero-order valence-corrected chi connectivity index (χ0v) is 14.6. The van der Waals surface area contributed by atoms with E-state index in [1.165, 1.54) is 5.56 Å². The molecule has 4 nitrogen and oxygen atoms in total. The Morgan fingerprint density at radius 3 is 2.29 bits per heavy atom. The fourth-order valence-electron chi connectivity index (χ4n) is 2.22. The molecule has 0 saturated heterocycles. The number of hydrogen-bond donors (Lipinski definition) is 2. The van der Waals surface area contributed by atoms with Crippen LogP contribution in [0.25, 0.3) is 0 Å². The smallest absolute Gasteiger partial charge is 0.131 e. The minimum absolute atomic E-state index is 0.100. The van der Waals surface area contributed by atoms with E-state index in [9.17, 15) is 5.11 Å². The lowest BCUT2D eigenvalue weighted by atomic mass is 10.1. The van der Waals surface area contributed by atoms with Gasteiger partial charge in [-0.2, -0.15) is 0 Å². The molecule has 0 unspecified atom stereocenters. The Morgan fingerprint density at radius 2 is 1.86 bits per heavy atom. The molecule has 0 atom stereocenters. The van der Waals surface area contributed by atoms with Crippen molar-refractivity contribution >= 4 is 5.82 Å². The molecule has 2 N–H and O–H groups in total.